The summed E-state index contributed by atoms with van der Waals surface area (Å²) in [5.41, 5.74) is 1.54. The van der Waals surface area contributed by atoms with Crippen molar-refractivity contribution in [3.8, 4) is 16.5 Å². The molecule has 30 heavy (non-hydrogen) atoms. The number of benzene rings is 1. The molecule has 3 aromatic rings. The predicted octanol–water partition coefficient (Wildman–Crippen LogP) is 3.75. The van der Waals surface area contributed by atoms with Gasteiger partial charge in [-0.15, -0.1) is 10.2 Å². The zero-order valence-electron chi connectivity index (χ0n) is 16.8. The molecule has 2 aromatic heterocycles. The number of carbonyl (C=O) groups excluding carboxylic acids is 2. The van der Waals surface area contributed by atoms with Gasteiger partial charge in [0.05, 0.1) is 7.11 Å². The Bertz CT molecular complexity index is 1060. The third-order valence-corrected chi connectivity index (χ3v) is 5.85. The number of carbonyl (C=O) groups is 2. The van der Waals surface area contributed by atoms with Gasteiger partial charge in [-0.3, -0.25) is 9.59 Å². The number of furan rings is 1. The Balaban J connectivity index is 1.50. The van der Waals surface area contributed by atoms with Crippen molar-refractivity contribution in [2.75, 3.05) is 19.0 Å². The van der Waals surface area contributed by atoms with E-state index in [9.17, 15) is 9.59 Å². The Morgan fingerprint density at radius 1 is 1.23 bits per heavy atom. The fourth-order valence-electron chi connectivity index (χ4n) is 3.50. The molecular formula is C21H22N4O4S. The molecule has 1 atom stereocenters. The van der Waals surface area contributed by atoms with Crippen molar-refractivity contribution in [2.24, 2.45) is 0 Å². The van der Waals surface area contributed by atoms with Crippen molar-refractivity contribution in [3.63, 3.8) is 0 Å². The summed E-state index contributed by atoms with van der Waals surface area (Å²) in [4.78, 5) is 27.5. The van der Waals surface area contributed by atoms with Gasteiger partial charge in [-0.05, 0) is 44.4 Å². The molecule has 8 nitrogen and oxygen atoms in total. The van der Waals surface area contributed by atoms with E-state index in [1.54, 1.807) is 17.0 Å². The van der Waals surface area contributed by atoms with Crippen LogP contribution in [0.2, 0.25) is 0 Å². The highest BCUT2D eigenvalue weighted by atomic mass is 32.1. The van der Waals surface area contributed by atoms with Crippen LogP contribution in [-0.2, 0) is 4.79 Å². The number of aromatic nitrogens is 2. The van der Waals surface area contributed by atoms with Crippen LogP contribution in [0.25, 0.3) is 10.6 Å². The average Bonchev–Trinajstić information content (AvgIpc) is 3.42. The quantitative estimate of drug-likeness (QED) is 0.667. The molecule has 0 spiro atoms. The Hall–Kier alpha value is -3.20. The van der Waals surface area contributed by atoms with Crippen LogP contribution >= 0.6 is 11.3 Å². The standard InChI is InChI=1S/C21H22N4O4S/c1-13-23-24-20(30-13)14-6-5-7-15(12-14)22-19(26)16-8-3-4-11-25(16)21(27)17-9-10-18(28-2)29-17/h5-7,9-10,12,16H,3-4,8,11H2,1-2H3,(H,22,26)/t16-/m1/s1. The number of hydrogen-bond donors (Lipinski definition) is 1. The maximum atomic E-state index is 13.0. The Morgan fingerprint density at radius 3 is 2.83 bits per heavy atom. The van der Waals surface area contributed by atoms with Crippen LogP contribution in [0.3, 0.4) is 0 Å². The van der Waals surface area contributed by atoms with E-state index in [0.29, 0.717) is 18.7 Å². The minimum atomic E-state index is -0.560. The van der Waals surface area contributed by atoms with Gasteiger partial charge in [-0.2, -0.15) is 0 Å². The first-order valence-corrected chi connectivity index (χ1v) is 10.5. The highest BCUT2D eigenvalue weighted by molar-refractivity contribution is 7.14. The second kappa shape index (κ2) is 8.66. The van der Waals surface area contributed by atoms with E-state index in [4.69, 9.17) is 9.15 Å². The molecule has 0 aliphatic carbocycles. The molecule has 1 N–H and O–H groups in total. The van der Waals surface area contributed by atoms with Crippen LogP contribution in [0, 0.1) is 6.92 Å². The molecule has 1 aliphatic heterocycles. The van der Waals surface area contributed by atoms with Crippen LogP contribution < -0.4 is 10.1 Å². The summed E-state index contributed by atoms with van der Waals surface area (Å²) in [7, 11) is 1.47. The zero-order valence-corrected chi connectivity index (χ0v) is 17.6. The number of nitrogens with one attached hydrogen (secondary N) is 1. The number of rotatable bonds is 5. The van der Waals surface area contributed by atoms with Gasteiger partial charge in [-0.1, -0.05) is 23.5 Å². The molecule has 156 valence electrons. The lowest BCUT2D eigenvalue weighted by atomic mass is 10.0. The zero-order chi connectivity index (χ0) is 21.1. The fourth-order valence-corrected chi connectivity index (χ4v) is 4.19. The minimum absolute atomic E-state index is 0.167. The number of methoxy groups -OCH3 is 1. The van der Waals surface area contributed by atoms with Crippen LogP contribution in [0.5, 0.6) is 5.95 Å². The lowest BCUT2D eigenvalue weighted by Gasteiger charge is -2.34. The molecule has 0 unspecified atom stereocenters. The lowest BCUT2D eigenvalue weighted by Crippen LogP contribution is -2.49. The van der Waals surface area contributed by atoms with E-state index in [1.165, 1.54) is 18.4 Å². The van der Waals surface area contributed by atoms with Gasteiger partial charge in [-0.25, -0.2) is 0 Å². The molecule has 1 aliphatic rings. The third kappa shape index (κ3) is 4.20. The first-order valence-electron chi connectivity index (χ1n) is 9.71. The van der Waals surface area contributed by atoms with E-state index in [0.717, 1.165) is 28.4 Å². The number of nitrogens with zero attached hydrogens (tertiary/aromatic N) is 3. The summed E-state index contributed by atoms with van der Waals surface area (Å²) in [5, 5.41) is 12.8. The summed E-state index contributed by atoms with van der Waals surface area (Å²) in [6.45, 7) is 2.40. The monoisotopic (exact) mass is 426 g/mol. The van der Waals surface area contributed by atoms with E-state index in [2.05, 4.69) is 15.5 Å². The van der Waals surface area contributed by atoms with Crippen molar-refractivity contribution >= 4 is 28.8 Å². The molecule has 1 fully saturated rings. The highest BCUT2D eigenvalue weighted by Crippen LogP contribution is 2.27. The van der Waals surface area contributed by atoms with Gasteiger partial charge < -0.3 is 19.4 Å². The van der Waals surface area contributed by atoms with Crippen LogP contribution in [0.1, 0.15) is 34.8 Å². The van der Waals surface area contributed by atoms with Gasteiger partial charge >= 0.3 is 0 Å². The smallest absolute Gasteiger partial charge is 0.290 e. The van der Waals surface area contributed by atoms with E-state index < -0.39 is 6.04 Å². The first kappa shape index (κ1) is 20.1. The van der Waals surface area contributed by atoms with Crippen LogP contribution in [-0.4, -0.2) is 46.6 Å². The number of piperidine rings is 1. The second-order valence-electron chi connectivity index (χ2n) is 7.03. The van der Waals surface area contributed by atoms with Crippen molar-refractivity contribution in [1.82, 2.24) is 15.1 Å². The number of amides is 2. The van der Waals surface area contributed by atoms with Gasteiger partial charge in [0.25, 0.3) is 11.9 Å². The molecule has 1 aromatic carbocycles. The molecular weight excluding hydrogens is 404 g/mol. The van der Waals surface area contributed by atoms with Crippen molar-refractivity contribution in [3.05, 3.63) is 47.2 Å². The summed E-state index contributed by atoms with van der Waals surface area (Å²) < 4.78 is 10.4. The molecule has 9 heteroatoms. The Morgan fingerprint density at radius 2 is 2.10 bits per heavy atom. The molecule has 0 saturated carbocycles. The Labute approximate surface area is 177 Å². The maximum Gasteiger partial charge on any atom is 0.290 e. The predicted molar refractivity (Wildman–Crippen MR) is 113 cm³/mol. The maximum absolute atomic E-state index is 13.0. The van der Waals surface area contributed by atoms with E-state index in [-0.39, 0.29) is 23.5 Å². The molecule has 3 heterocycles. The van der Waals surface area contributed by atoms with Gasteiger partial charge in [0.1, 0.15) is 16.1 Å². The van der Waals surface area contributed by atoms with Crippen molar-refractivity contribution < 1.29 is 18.7 Å². The molecule has 0 radical (unpaired) electrons. The van der Waals surface area contributed by atoms with Gasteiger partial charge in [0, 0.05) is 23.9 Å². The molecule has 1 saturated heterocycles. The molecule has 2 amide bonds. The Kier molecular flexibility index (Phi) is 5.80. The number of likely N-dealkylation sites (tertiary alicyclic amines) is 1. The first-order chi connectivity index (χ1) is 14.5. The number of hydrogen-bond acceptors (Lipinski definition) is 7. The summed E-state index contributed by atoms with van der Waals surface area (Å²) in [6, 6.07) is 10.1. The lowest BCUT2D eigenvalue weighted by molar-refractivity contribution is -0.121. The van der Waals surface area contributed by atoms with Gasteiger partial charge in [0.2, 0.25) is 5.91 Å². The number of aryl methyl sites for hydroxylation is 1. The summed E-state index contributed by atoms with van der Waals surface area (Å²) >= 11 is 1.49. The third-order valence-electron chi connectivity index (χ3n) is 4.96. The van der Waals surface area contributed by atoms with E-state index in [1.807, 2.05) is 31.2 Å². The minimum Gasteiger partial charge on any atom is -0.468 e. The molecule has 4 rings (SSSR count). The molecule has 0 bridgehead atoms. The topological polar surface area (TPSA) is 97.6 Å². The fraction of sp³-hybridized carbons (Fsp3) is 0.333. The van der Waals surface area contributed by atoms with Crippen LogP contribution in [0.4, 0.5) is 5.69 Å². The van der Waals surface area contributed by atoms with Crippen LogP contribution in [0.15, 0.2) is 40.8 Å². The highest BCUT2D eigenvalue weighted by Gasteiger charge is 2.34. The van der Waals surface area contributed by atoms with Gasteiger partial charge in [0.15, 0.2) is 5.76 Å². The number of anilines is 1. The van der Waals surface area contributed by atoms with Crippen molar-refractivity contribution in [1.29, 1.82) is 0 Å². The average molecular weight is 426 g/mol. The summed E-state index contributed by atoms with van der Waals surface area (Å²) in [5.74, 6) is -0.0938. The van der Waals surface area contributed by atoms with E-state index >= 15 is 0 Å². The second-order valence-corrected chi connectivity index (χ2v) is 8.21. The number of ether oxygens (including phenoxy) is 1. The largest absolute Gasteiger partial charge is 0.468 e. The van der Waals surface area contributed by atoms with Crippen molar-refractivity contribution in [2.45, 2.75) is 32.2 Å². The summed E-state index contributed by atoms with van der Waals surface area (Å²) in [6.07, 6.45) is 2.33. The normalized spacial score (nSPS) is 16.3. The SMILES string of the molecule is COc1ccc(C(=O)N2CCCC[C@@H]2C(=O)Nc2cccc(-c3nnc(C)s3)c2)o1.